The molecule has 12 heavy (non-hydrogen) atoms. The fourth-order valence-electron chi connectivity index (χ4n) is 2.84. The molecule has 2 atom stereocenters. The van der Waals surface area contributed by atoms with Crippen molar-refractivity contribution in [3.05, 3.63) is 0 Å². The largest absolute Gasteiger partial charge is 0.311 e. The molecule has 0 aromatic heterocycles. The quantitative estimate of drug-likeness (QED) is 0.676. The van der Waals surface area contributed by atoms with Crippen LogP contribution in [0.1, 0.15) is 44.9 Å². The third kappa shape index (κ3) is 1.39. The molecule has 0 saturated heterocycles. The van der Waals surface area contributed by atoms with Crippen LogP contribution in [0.5, 0.6) is 0 Å². The highest BCUT2D eigenvalue weighted by Crippen LogP contribution is 2.45. The van der Waals surface area contributed by atoms with Crippen LogP contribution < -0.4 is 5.32 Å². The third-order valence-corrected chi connectivity index (χ3v) is 3.82. The third-order valence-electron chi connectivity index (χ3n) is 3.82. The van der Waals surface area contributed by atoms with Crippen LogP contribution in [0.25, 0.3) is 0 Å². The summed E-state index contributed by atoms with van der Waals surface area (Å²) in [5.74, 6) is 2.20. The first kappa shape index (κ1) is 7.37. The van der Waals surface area contributed by atoms with Gasteiger partial charge in [-0.1, -0.05) is 6.42 Å². The molecule has 3 saturated carbocycles. The lowest BCUT2D eigenvalue weighted by Crippen LogP contribution is -2.34. The minimum Gasteiger partial charge on any atom is -0.311 e. The van der Waals surface area contributed by atoms with E-state index in [4.69, 9.17) is 0 Å². The van der Waals surface area contributed by atoms with Gasteiger partial charge in [-0.05, 0) is 50.4 Å². The average molecular weight is 165 g/mol. The zero-order valence-electron chi connectivity index (χ0n) is 7.76. The van der Waals surface area contributed by atoms with Gasteiger partial charge in [-0.3, -0.25) is 0 Å². The highest BCUT2D eigenvalue weighted by Gasteiger charge is 2.40. The van der Waals surface area contributed by atoms with Gasteiger partial charge in [0.25, 0.3) is 0 Å². The van der Waals surface area contributed by atoms with Gasteiger partial charge in [-0.2, -0.15) is 0 Å². The summed E-state index contributed by atoms with van der Waals surface area (Å²) in [5, 5.41) is 3.82. The maximum Gasteiger partial charge on any atom is 0.0101 e. The molecule has 0 bridgehead atoms. The van der Waals surface area contributed by atoms with Crippen LogP contribution in [0.3, 0.4) is 0 Å². The fourth-order valence-corrected chi connectivity index (χ4v) is 2.84. The molecule has 0 spiro atoms. The molecule has 0 radical (unpaired) electrons. The monoisotopic (exact) mass is 165 g/mol. The van der Waals surface area contributed by atoms with Crippen molar-refractivity contribution in [2.24, 2.45) is 11.8 Å². The van der Waals surface area contributed by atoms with E-state index in [0.29, 0.717) is 0 Å². The topological polar surface area (TPSA) is 12.0 Å². The van der Waals surface area contributed by atoms with Crippen molar-refractivity contribution in [3.8, 4) is 0 Å². The maximum absolute atomic E-state index is 3.82. The van der Waals surface area contributed by atoms with E-state index >= 15 is 0 Å². The second kappa shape index (κ2) is 2.73. The van der Waals surface area contributed by atoms with Gasteiger partial charge in [-0.25, -0.2) is 0 Å². The van der Waals surface area contributed by atoms with Gasteiger partial charge in [0.2, 0.25) is 0 Å². The van der Waals surface area contributed by atoms with Crippen molar-refractivity contribution in [2.75, 3.05) is 0 Å². The Morgan fingerprint density at radius 2 is 1.67 bits per heavy atom. The van der Waals surface area contributed by atoms with E-state index in [-0.39, 0.29) is 0 Å². The van der Waals surface area contributed by atoms with E-state index < -0.39 is 0 Å². The van der Waals surface area contributed by atoms with Gasteiger partial charge < -0.3 is 5.32 Å². The Bertz CT molecular complexity index is 170. The molecule has 0 aliphatic heterocycles. The predicted octanol–water partition coefficient (Wildman–Crippen LogP) is 2.32. The zero-order chi connectivity index (χ0) is 7.97. The SMILES string of the molecule is C1CC(NC2CC2)C(C2CC2)C1. The number of hydrogen-bond acceptors (Lipinski definition) is 1. The van der Waals surface area contributed by atoms with E-state index in [2.05, 4.69) is 5.32 Å². The Morgan fingerprint density at radius 1 is 0.833 bits per heavy atom. The number of rotatable bonds is 3. The Morgan fingerprint density at radius 3 is 2.33 bits per heavy atom. The average Bonchev–Trinajstić information content (AvgIpc) is 2.93. The summed E-state index contributed by atoms with van der Waals surface area (Å²) in [6.45, 7) is 0. The van der Waals surface area contributed by atoms with Crippen LogP contribution in [-0.4, -0.2) is 12.1 Å². The Kier molecular flexibility index (Phi) is 1.68. The van der Waals surface area contributed by atoms with E-state index in [9.17, 15) is 0 Å². The molecule has 1 nitrogen and oxygen atoms in total. The normalized spacial score (nSPS) is 42.0. The first-order chi connectivity index (χ1) is 5.93. The van der Waals surface area contributed by atoms with Crippen molar-refractivity contribution in [1.82, 2.24) is 5.32 Å². The molecule has 0 aromatic carbocycles. The predicted molar refractivity (Wildman–Crippen MR) is 50.0 cm³/mol. The number of nitrogens with one attached hydrogen (secondary N) is 1. The molecule has 1 N–H and O–H groups in total. The minimum absolute atomic E-state index is 0.921. The zero-order valence-corrected chi connectivity index (χ0v) is 7.76. The molecule has 2 unspecified atom stereocenters. The molecule has 0 aromatic rings. The molecular formula is C11H19N. The van der Waals surface area contributed by atoms with Crippen LogP contribution >= 0.6 is 0 Å². The van der Waals surface area contributed by atoms with Crippen molar-refractivity contribution in [1.29, 1.82) is 0 Å². The Balaban J connectivity index is 1.58. The van der Waals surface area contributed by atoms with E-state index in [1.165, 1.54) is 44.9 Å². The lowest BCUT2D eigenvalue weighted by atomic mass is 9.98. The highest BCUT2D eigenvalue weighted by molar-refractivity contribution is 4.96. The second-order valence-corrected chi connectivity index (χ2v) is 4.98. The molecule has 68 valence electrons. The lowest BCUT2D eigenvalue weighted by molar-refractivity contribution is 0.360. The summed E-state index contributed by atoms with van der Waals surface area (Å²) in [5.41, 5.74) is 0. The van der Waals surface area contributed by atoms with E-state index in [1.54, 1.807) is 0 Å². The smallest absolute Gasteiger partial charge is 0.0101 e. The van der Waals surface area contributed by atoms with Gasteiger partial charge in [0, 0.05) is 12.1 Å². The van der Waals surface area contributed by atoms with Gasteiger partial charge in [0.1, 0.15) is 0 Å². The van der Waals surface area contributed by atoms with E-state index in [0.717, 1.165) is 23.9 Å². The molecule has 0 amide bonds. The summed E-state index contributed by atoms with van der Waals surface area (Å²) >= 11 is 0. The fraction of sp³-hybridized carbons (Fsp3) is 1.00. The molecule has 3 aliphatic carbocycles. The van der Waals surface area contributed by atoms with Crippen LogP contribution in [-0.2, 0) is 0 Å². The van der Waals surface area contributed by atoms with Crippen molar-refractivity contribution in [2.45, 2.75) is 57.0 Å². The molecular weight excluding hydrogens is 146 g/mol. The molecule has 1 heteroatoms. The van der Waals surface area contributed by atoms with Gasteiger partial charge >= 0.3 is 0 Å². The first-order valence-electron chi connectivity index (χ1n) is 5.69. The Labute approximate surface area is 74.9 Å². The molecule has 3 rings (SSSR count). The maximum atomic E-state index is 3.82. The van der Waals surface area contributed by atoms with Crippen molar-refractivity contribution >= 4 is 0 Å². The first-order valence-corrected chi connectivity index (χ1v) is 5.69. The molecule has 3 aliphatic rings. The van der Waals surface area contributed by atoms with Crippen molar-refractivity contribution in [3.63, 3.8) is 0 Å². The minimum atomic E-state index is 0.921. The summed E-state index contributed by atoms with van der Waals surface area (Å²) in [7, 11) is 0. The Hall–Kier alpha value is -0.0400. The summed E-state index contributed by atoms with van der Waals surface area (Å²) in [6.07, 6.45) is 10.5. The second-order valence-electron chi connectivity index (χ2n) is 4.98. The lowest BCUT2D eigenvalue weighted by Gasteiger charge is -2.20. The summed E-state index contributed by atoms with van der Waals surface area (Å²) in [6, 6.07) is 1.85. The van der Waals surface area contributed by atoms with Crippen LogP contribution in [0.4, 0.5) is 0 Å². The number of hydrogen-bond donors (Lipinski definition) is 1. The molecule has 3 fully saturated rings. The van der Waals surface area contributed by atoms with E-state index in [1.807, 2.05) is 0 Å². The summed E-state index contributed by atoms with van der Waals surface area (Å²) < 4.78 is 0. The van der Waals surface area contributed by atoms with Crippen LogP contribution in [0.2, 0.25) is 0 Å². The summed E-state index contributed by atoms with van der Waals surface area (Å²) in [4.78, 5) is 0. The standard InChI is InChI=1S/C11H19N/c1-2-10(8-4-5-8)11(3-1)12-9-6-7-9/h8-12H,1-7H2. The van der Waals surface area contributed by atoms with Crippen LogP contribution in [0, 0.1) is 11.8 Å². The van der Waals surface area contributed by atoms with Crippen molar-refractivity contribution < 1.29 is 0 Å². The molecule has 0 heterocycles. The van der Waals surface area contributed by atoms with Gasteiger partial charge in [0.15, 0.2) is 0 Å². The highest BCUT2D eigenvalue weighted by atomic mass is 15.0. The van der Waals surface area contributed by atoms with Gasteiger partial charge in [-0.15, -0.1) is 0 Å². The van der Waals surface area contributed by atoms with Crippen LogP contribution in [0.15, 0.2) is 0 Å². The van der Waals surface area contributed by atoms with Gasteiger partial charge in [0.05, 0.1) is 0 Å².